The van der Waals surface area contributed by atoms with Gasteiger partial charge in [-0.15, -0.1) is 11.8 Å². The van der Waals surface area contributed by atoms with Gasteiger partial charge in [0.1, 0.15) is 17.5 Å². The number of nitrogens with one attached hydrogen (secondary N) is 2. The second-order valence-corrected chi connectivity index (χ2v) is 12.6. The molecule has 1 heterocycles. The Balaban J connectivity index is 1.57. The van der Waals surface area contributed by atoms with Crippen molar-refractivity contribution in [3.05, 3.63) is 95.1 Å². The third-order valence-corrected chi connectivity index (χ3v) is 9.07. The van der Waals surface area contributed by atoms with Crippen molar-refractivity contribution >= 4 is 29.5 Å². The van der Waals surface area contributed by atoms with Crippen LogP contribution >= 0.6 is 11.8 Å². The van der Waals surface area contributed by atoms with Gasteiger partial charge < -0.3 is 30.1 Å². The molecule has 0 aliphatic carbocycles. The Morgan fingerprint density at radius 3 is 2.40 bits per heavy atom. The van der Waals surface area contributed by atoms with Crippen LogP contribution in [0, 0.1) is 6.92 Å². The fourth-order valence-electron chi connectivity index (χ4n) is 5.18. The van der Waals surface area contributed by atoms with E-state index >= 15 is 0 Å². The van der Waals surface area contributed by atoms with E-state index in [-0.39, 0.29) is 23.8 Å². The SMILES string of the molecule is COc1ccc(C(=O)NC(Cc2ccccc2)C(O)C(=O)N2CSC(C)(C)C2C(=O)NCc2ccccc2C)c(OC)c1. The monoisotopic (exact) mass is 605 g/mol. The fraction of sp³-hybridized carbons (Fsp3) is 0.364. The number of carbonyl (C=O) groups is 3. The summed E-state index contributed by atoms with van der Waals surface area (Å²) in [6, 6.07) is 20.1. The van der Waals surface area contributed by atoms with Gasteiger partial charge in [-0.3, -0.25) is 14.4 Å². The molecular formula is C33H39N3O6S. The third kappa shape index (κ3) is 7.50. The molecule has 1 fully saturated rings. The smallest absolute Gasteiger partial charge is 0.255 e. The molecule has 10 heteroatoms. The maximum absolute atomic E-state index is 13.9. The number of hydrogen-bond acceptors (Lipinski definition) is 7. The van der Waals surface area contributed by atoms with E-state index in [2.05, 4.69) is 10.6 Å². The number of aliphatic hydroxyl groups excluding tert-OH is 1. The summed E-state index contributed by atoms with van der Waals surface area (Å²) in [5.41, 5.74) is 3.09. The number of carbonyl (C=O) groups excluding carboxylic acids is 3. The molecule has 3 amide bonds. The molecule has 1 saturated heterocycles. The van der Waals surface area contributed by atoms with E-state index in [0.717, 1.165) is 16.7 Å². The van der Waals surface area contributed by atoms with Crippen LogP contribution in [0.1, 0.15) is 40.9 Å². The van der Waals surface area contributed by atoms with Gasteiger partial charge in [-0.25, -0.2) is 0 Å². The zero-order chi connectivity index (χ0) is 31.1. The van der Waals surface area contributed by atoms with Gasteiger partial charge in [0, 0.05) is 17.4 Å². The van der Waals surface area contributed by atoms with Crippen molar-refractivity contribution in [1.82, 2.24) is 15.5 Å². The minimum atomic E-state index is -1.62. The quantitative estimate of drug-likeness (QED) is 0.305. The number of amides is 3. The van der Waals surface area contributed by atoms with Crippen molar-refractivity contribution in [2.45, 2.75) is 56.7 Å². The maximum Gasteiger partial charge on any atom is 0.255 e. The summed E-state index contributed by atoms with van der Waals surface area (Å²) in [5, 5.41) is 17.4. The number of aliphatic hydroxyl groups is 1. The second-order valence-electron chi connectivity index (χ2n) is 11.0. The van der Waals surface area contributed by atoms with Crippen LogP contribution in [0.15, 0.2) is 72.8 Å². The molecule has 0 spiro atoms. The highest BCUT2D eigenvalue weighted by Crippen LogP contribution is 2.40. The average Bonchev–Trinajstić information content (AvgIpc) is 3.34. The van der Waals surface area contributed by atoms with Crippen molar-refractivity contribution < 1.29 is 29.0 Å². The van der Waals surface area contributed by atoms with Gasteiger partial charge in [-0.05, 0) is 56.0 Å². The van der Waals surface area contributed by atoms with Gasteiger partial charge in [0.15, 0.2) is 6.10 Å². The van der Waals surface area contributed by atoms with Crippen LogP contribution in [-0.4, -0.2) is 70.8 Å². The van der Waals surface area contributed by atoms with Crippen molar-refractivity contribution in [1.29, 1.82) is 0 Å². The lowest BCUT2D eigenvalue weighted by molar-refractivity contribution is -0.147. The van der Waals surface area contributed by atoms with E-state index < -0.39 is 34.7 Å². The lowest BCUT2D eigenvalue weighted by Crippen LogP contribution is -2.58. The summed E-state index contributed by atoms with van der Waals surface area (Å²) >= 11 is 1.47. The van der Waals surface area contributed by atoms with Crippen LogP contribution in [0.3, 0.4) is 0 Å². The van der Waals surface area contributed by atoms with Crippen LogP contribution in [-0.2, 0) is 22.6 Å². The number of ether oxygens (including phenoxy) is 2. The zero-order valence-corrected chi connectivity index (χ0v) is 25.9. The molecule has 3 aromatic carbocycles. The van der Waals surface area contributed by atoms with E-state index in [1.54, 1.807) is 18.2 Å². The molecule has 3 unspecified atom stereocenters. The van der Waals surface area contributed by atoms with Crippen LogP contribution in [0.5, 0.6) is 11.5 Å². The Labute approximate surface area is 257 Å². The van der Waals surface area contributed by atoms with Crippen molar-refractivity contribution in [2.24, 2.45) is 0 Å². The molecule has 9 nitrogen and oxygen atoms in total. The molecule has 4 rings (SSSR count). The van der Waals surface area contributed by atoms with Crippen molar-refractivity contribution in [3.63, 3.8) is 0 Å². The molecule has 228 valence electrons. The van der Waals surface area contributed by atoms with Crippen molar-refractivity contribution in [2.75, 3.05) is 20.1 Å². The first-order valence-electron chi connectivity index (χ1n) is 14.1. The molecule has 1 aliphatic heterocycles. The van der Waals surface area contributed by atoms with Gasteiger partial charge in [0.05, 0.1) is 31.7 Å². The maximum atomic E-state index is 13.9. The van der Waals surface area contributed by atoms with Gasteiger partial charge in [-0.2, -0.15) is 0 Å². The summed E-state index contributed by atoms with van der Waals surface area (Å²) in [5.74, 6) is -0.410. The molecule has 0 bridgehead atoms. The van der Waals surface area contributed by atoms with Gasteiger partial charge in [0.25, 0.3) is 11.8 Å². The van der Waals surface area contributed by atoms with Crippen LogP contribution in [0.4, 0.5) is 0 Å². The third-order valence-electron chi connectivity index (χ3n) is 7.69. The Kier molecular flexibility index (Phi) is 10.4. The molecular weight excluding hydrogens is 566 g/mol. The van der Waals surface area contributed by atoms with E-state index in [1.165, 1.54) is 30.9 Å². The largest absolute Gasteiger partial charge is 0.497 e. The number of aryl methyl sites for hydroxylation is 1. The van der Waals surface area contributed by atoms with Crippen LogP contribution in [0.2, 0.25) is 0 Å². The summed E-state index contributed by atoms with van der Waals surface area (Å²) in [6.07, 6.45) is -1.43. The van der Waals surface area contributed by atoms with Crippen LogP contribution < -0.4 is 20.1 Å². The summed E-state index contributed by atoms with van der Waals surface area (Å²) in [6.45, 7) is 6.12. The first-order valence-corrected chi connectivity index (χ1v) is 15.1. The normalized spacial score (nSPS) is 17.1. The first-order chi connectivity index (χ1) is 20.6. The molecule has 3 aromatic rings. The molecule has 3 atom stereocenters. The fourth-order valence-corrected chi connectivity index (χ4v) is 6.32. The van der Waals surface area contributed by atoms with E-state index in [9.17, 15) is 19.5 Å². The molecule has 0 radical (unpaired) electrons. The minimum absolute atomic E-state index is 0.187. The predicted octanol–water partition coefficient (Wildman–Crippen LogP) is 3.71. The number of rotatable bonds is 11. The molecule has 0 saturated carbocycles. The average molecular weight is 606 g/mol. The lowest BCUT2D eigenvalue weighted by atomic mass is 9.96. The molecule has 3 N–H and O–H groups in total. The Hall–Kier alpha value is -4.02. The molecule has 0 aromatic heterocycles. The zero-order valence-electron chi connectivity index (χ0n) is 25.1. The number of nitrogens with zero attached hydrogens (tertiary/aromatic N) is 1. The van der Waals surface area contributed by atoms with Crippen molar-refractivity contribution in [3.8, 4) is 11.5 Å². The van der Waals surface area contributed by atoms with Gasteiger partial charge >= 0.3 is 0 Å². The Bertz CT molecular complexity index is 1450. The summed E-state index contributed by atoms with van der Waals surface area (Å²) in [4.78, 5) is 42.3. The van der Waals surface area contributed by atoms with E-state index in [0.29, 0.717) is 18.0 Å². The number of hydrogen-bond donors (Lipinski definition) is 3. The topological polar surface area (TPSA) is 117 Å². The Morgan fingerprint density at radius 2 is 1.72 bits per heavy atom. The van der Waals surface area contributed by atoms with Crippen LogP contribution in [0.25, 0.3) is 0 Å². The minimum Gasteiger partial charge on any atom is -0.497 e. The summed E-state index contributed by atoms with van der Waals surface area (Å²) < 4.78 is 10.0. The number of thioether (sulfide) groups is 1. The van der Waals surface area contributed by atoms with E-state index in [1.807, 2.05) is 75.4 Å². The number of methoxy groups -OCH3 is 2. The lowest BCUT2D eigenvalue weighted by Gasteiger charge is -2.33. The molecule has 1 aliphatic rings. The summed E-state index contributed by atoms with van der Waals surface area (Å²) in [7, 11) is 2.96. The Morgan fingerprint density at radius 1 is 1.02 bits per heavy atom. The predicted molar refractivity (Wildman–Crippen MR) is 167 cm³/mol. The standard InChI is InChI=1S/C33H39N3O6S/c1-21-11-9-10-14-23(21)19-34-31(39)29-33(2,3)43-20-36(29)32(40)28(37)26(17-22-12-7-6-8-13-22)35-30(38)25-16-15-24(41-4)18-27(25)42-5/h6-16,18,26,28-29,37H,17,19-20H2,1-5H3,(H,34,39)(H,35,38). The first kappa shape index (κ1) is 31.9. The second kappa shape index (κ2) is 14.0. The van der Waals surface area contributed by atoms with Gasteiger partial charge in [-0.1, -0.05) is 54.6 Å². The highest BCUT2D eigenvalue weighted by molar-refractivity contribution is 8.00. The van der Waals surface area contributed by atoms with E-state index in [4.69, 9.17) is 9.47 Å². The highest BCUT2D eigenvalue weighted by Gasteiger charge is 2.49. The van der Waals surface area contributed by atoms with Gasteiger partial charge in [0.2, 0.25) is 5.91 Å². The highest BCUT2D eigenvalue weighted by atomic mass is 32.2. The molecule has 43 heavy (non-hydrogen) atoms. The number of benzene rings is 3.